The molecule has 3 aromatic carbocycles. The third kappa shape index (κ3) is 5.92. The minimum atomic E-state index is -4.43. The summed E-state index contributed by atoms with van der Waals surface area (Å²) in [6.45, 7) is 5.32. The Morgan fingerprint density at radius 3 is 2.26 bits per heavy atom. The van der Waals surface area contributed by atoms with E-state index in [2.05, 4.69) is 10.4 Å². The van der Waals surface area contributed by atoms with Crippen LogP contribution in [0, 0.1) is 0 Å². The fourth-order valence-corrected chi connectivity index (χ4v) is 3.44. The van der Waals surface area contributed by atoms with Crippen LogP contribution in [0.25, 0.3) is 16.6 Å². The average molecular weight is 483 g/mol. The van der Waals surface area contributed by atoms with E-state index in [1.165, 1.54) is 16.8 Å². The second-order valence-corrected chi connectivity index (χ2v) is 8.85. The summed E-state index contributed by atoms with van der Waals surface area (Å²) in [5.41, 5.74) is 0.185. The molecule has 0 atom stereocenters. The minimum Gasteiger partial charge on any atom is -0.457 e. The molecule has 0 radical (unpaired) electrons. The Labute approximate surface area is 200 Å². The number of alkyl halides is 3. The maximum absolute atomic E-state index is 13.0. The van der Waals surface area contributed by atoms with E-state index < -0.39 is 23.4 Å². The molecule has 35 heavy (non-hydrogen) atoms. The molecule has 0 spiro atoms. The van der Waals surface area contributed by atoms with E-state index in [9.17, 15) is 18.0 Å². The lowest BCUT2D eigenvalue weighted by Gasteiger charge is -2.19. The number of ether oxygens (including phenoxy) is 2. The summed E-state index contributed by atoms with van der Waals surface area (Å²) in [5.74, 6) is 1.20. The highest BCUT2D eigenvalue weighted by atomic mass is 19.4. The molecule has 1 heterocycles. The molecule has 1 N–H and O–H groups in total. The number of alkyl carbamates (subject to hydrolysis) is 1. The quantitative estimate of drug-likeness (QED) is 0.337. The summed E-state index contributed by atoms with van der Waals surface area (Å²) >= 11 is 0. The van der Waals surface area contributed by atoms with Gasteiger partial charge in [-0.15, -0.1) is 0 Å². The van der Waals surface area contributed by atoms with Crippen molar-refractivity contribution in [3.63, 3.8) is 0 Å². The van der Waals surface area contributed by atoms with Crippen molar-refractivity contribution in [1.29, 1.82) is 0 Å². The second-order valence-electron chi connectivity index (χ2n) is 8.85. The fraction of sp³-hybridized carbons (Fsp3) is 0.231. The molecule has 4 rings (SSSR count). The lowest BCUT2D eigenvalue weighted by molar-refractivity contribution is -0.137. The number of benzene rings is 3. The van der Waals surface area contributed by atoms with Crippen molar-refractivity contribution in [3.8, 4) is 17.2 Å². The highest BCUT2D eigenvalue weighted by molar-refractivity contribution is 5.85. The summed E-state index contributed by atoms with van der Waals surface area (Å²) < 4.78 is 51.8. The van der Waals surface area contributed by atoms with Crippen LogP contribution in [-0.2, 0) is 17.5 Å². The van der Waals surface area contributed by atoms with E-state index in [0.717, 1.165) is 12.1 Å². The van der Waals surface area contributed by atoms with Gasteiger partial charge in [0.05, 0.1) is 29.0 Å². The number of halogens is 3. The fourth-order valence-electron chi connectivity index (χ4n) is 3.44. The molecule has 1 amide bonds. The van der Waals surface area contributed by atoms with Crippen molar-refractivity contribution in [2.45, 2.75) is 39.1 Å². The molecular weight excluding hydrogens is 459 g/mol. The van der Waals surface area contributed by atoms with Crippen LogP contribution in [-0.4, -0.2) is 21.5 Å². The summed E-state index contributed by atoms with van der Waals surface area (Å²) in [6, 6.07) is 19.3. The van der Waals surface area contributed by atoms with Crippen molar-refractivity contribution in [1.82, 2.24) is 15.1 Å². The van der Waals surface area contributed by atoms with Gasteiger partial charge in [-0.3, -0.25) is 0 Å². The number of nitrogens with one attached hydrogen (secondary N) is 1. The Kier molecular flexibility index (Phi) is 6.43. The smallest absolute Gasteiger partial charge is 0.416 e. The maximum Gasteiger partial charge on any atom is 0.416 e. The van der Waals surface area contributed by atoms with E-state index in [0.29, 0.717) is 33.8 Å². The van der Waals surface area contributed by atoms with Gasteiger partial charge in [0.2, 0.25) is 0 Å². The first kappa shape index (κ1) is 24.1. The molecule has 9 heteroatoms. The van der Waals surface area contributed by atoms with Crippen LogP contribution in [0.3, 0.4) is 0 Å². The van der Waals surface area contributed by atoms with E-state index >= 15 is 0 Å². The molecule has 6 nitrogen and oxygen atoms in total. The number of para-hydroxylation sites is 1. The standard InChI is InChI=1S/C26H24F3N3O3/c1-25(2,3)35-24(33)30-16-22-21-15-20(34-19-7-5-4-6-8-19)13-14-23(21)32(31-22)18-11-9-17(10-12-18)26(27,28)29/h4-15H,16H2,1-3H3,(H,30,33). The Morgan fingerprint density at radius 2 is 1.63 bits per heavy atom. The van der Waals surface area contributed by atoms with Crippen molar-refractivity contribution >= 4 is 17.0 Å². The molecule has 182 valence electrons. The molecule has 4 aromatic rings. The number of rotatable bonds is 5. The molecular formula is C26H24F3N3O3. The van der Waals surface area contributed by atoms with Gasteiger partial charge in [0, 0.05) is 5.39 Å². The number of hydrogen-bond acceptors (Lipinski definition) is 4. The average Bonchev–Trinajstić information content (AvgIpc) is 3.15. The lowest BCUT2D eigenvalue weighted by Crippen LogP contribution is -2.32. The number of aromatic nitrogens is 2. The largest absolute Gasteiger partial charge is 0.457 e. The van der Waals surface area contributed by atoms with Crippen LogP contribution in [0.15, 0.2) is 72.8 Å². The van der Waals surface area contributed by atoms with Gasteiger partial charge in [-0.05, 0) is 75.4 Å². The van der Waals surface area contributed by atoms with Gasteiger partial charge in [-0.1, -0.05) is 18.2 Å². The monoisotopic (exact) mass is 483 g/mol. The highest BCUT2D eigenvalue weighted by Crippen LogP contribution is 2.32. The van der Waals surface area contributed by atoms with Crippen LogP contribution >= 0.6 is 0 Å². The van der Waals surface area contributed by atoms with Crippen LogP contribution < -0.4 is 10.1 Å². The van der Waals surface area contributed by atoms with Gasteiger partial charge in [-0.2, -0.15) is 18.3 Å². The number of hydrogen-bond donors (Lipinski definition) is 1. The molecule has 0 fully saturated rings. The van der Waals surface area contributed by atoms with Crippen molar-refractivity contribution in [2.75, 3.05) is 0 Å². The maximum atomic E-state index is 13.0. The van der Waals surface area contributed by atoms with Gasteiger partial charge in [0.1, 0.15) is 17.1 Å². The molecule has 0 saturated carbocycles. The Balaban J connectivity index is 1.70. The molecule has 0 aliphatic heterocycles. The zero-order valence-electron chi connectivity index (χ0n) is 19.4. The molecule has 0 aliphatic carbocycles. The Hall–Kier alpha value is -4.01. The number of nitrogens with zero attached hydrogens (tertiary/aromatic N) is 2. The highest BCUT2D eigenvalue weighted by Gasteiger charge is 2.30. The Morgan fingerprint density at radius 1 is 0.943 bits per heavy atom. The number of carbonyl (C=O) groups is 1. The summed E-state index contributed by atoms with van der Waals surface area (Å²) in [5, 5.41) is 7.94. The topological polar surface area (TPSA) is 65.4 Å². The first-order valence-corrected chi connectivity index (χ1v) is 10.9. The van der Waals surface area contributed by atoms with Crippen molar-refractivity contribution in [2.24, 2.45) is 0 Å². The Bertz CT molecular complexity index is 1330. The molecule has 1 aromatic heterocycles. The predicted molar refractivity (Wildman–Crippen MR) is 126 cm³/mol. The van der Waals surface area contributed by atoms with E-state index in [-0.39, 0.29) is 6.54 Å². The van der Waals surface area contributed by atoms with Crippen LogP contribution in [0.5, 0.6) is 11.5 Å². The van der Waals surface area contributed by atoms with E-state index in [1.807, 2.05) is 30.3 Å². The summed E-state index contributed by atoms with van der Waals surface area (Å²) in [7, 11) is 0. The van der Waals surface area contributed by atoms with Gasteiger partial charge >= 0.3 is 12.3 Å². The first-order chi connectivity index (χ1) is 16.5. The van der Waals surface area contributed by atoms with Gasteiger partial charge < -0.3 is 14.8 Å². The molecule has 0 aliphatic rings. The number of amides is 1. The minimum absolute atomic E-state index is 0.0494. The normalized spacial score (nSPS) is 11.9. The van der Waals surface area contributed by atoms with Crippen LogP contribution in [0.4, 0.5) is 18.0 Å². The van der Waals surface area contributed by atoms with Crippen LogP contribution in [0.1, 0.15) is 32.0 Å². The number of fused-ring (bicyclic) bond motifs is 1. The van der Waals surface area contributed by atoms with Crippen molar-refractivity contribution in [3.05, 3.63) is 84.1 Å². The van der Waals surface area contributed by atoms with E-state index in [4.69, 9.17) is 9.47 Å². The van der Waals surface area contributed by atoms with E-state index in [1.54, 1.807) is 39.0 Å². The zero-order chi connectivity index (χ0) is 25.2. The van der Waals surface area contributed by atoms with Gasteiger partial charge in [0.15, 0.2) is 0 Å². The van der Waals surface area contributed by atoms with Gasteiger partial charge in [-0.25, -0.2) is 9.48 Å². The summed E-state index contributed by atoms with van der Waals surface area (Å²) in [4.78, 5) is 12.2. The zero-order valence-corrected chi connectivity index (χ0v) is 19.4. The number of carbonyl (C=O) groups excluding carboxylic acids is 1. The third-order valence-electron chi connectivity index (χ3n) is 4.94. The predicted octanol–water partition coefficient (Wildman–Crippen LogP) is 6.86. The summed E-state index contributed by atoms with van der Waals surface area (Å²) in [6.07, 6.45) is -5.04. The molecule has 0 unspecified atom stereocenters. The van der Waals surface area contributed by atoms with Crippen molar-refractivity contribution < 1.29 is 27.4 Å². The SMILES string of the molecule is CC(C)(C)OC(=O)NCc1nn(-c2ccc(C(F)(F)F)cc2)c2ccc(Oc3ccccc3)cc12. The van der Waals surface area contributed by atoms with Gasteiger partial charge in [0.25, 0.3) is 0 Å². The lowest BCUT2D eigenvalue weighted by atomic mass is 10.1. The second kappa shape index (κ2) is 9.32. The molecule has 0 bridgehead atoms. The molecule has 0 saturated heterocycles. The third-order valence-corrected chi connectivity index (χ3v) is 4.94. The van der Waals surface area contributed by atoms with Crippen LogP contribution in [0.2, 0.25) is 0 Å². The first-order valence-electron chi connectivity index (χ1n) is 10.9.